The third-order valence-corrected chi connectivity index (χ3v) is 1.99. The summed E-state index contributed by atoms with van der Waals surface area (Å²) in [6.45, 7) is 2.34. The molecule has 0 heterocycles. The van der Waals surface area contributed by atoms with E-state index < -0.39 is 5.97 Å². The molecule has 1 atom stereocenters. The van der Waals surface area contributed by atoms with E-state index in [4.69, 9.17) is 14.6 Å². The lowest BCUT2D eigenvalue weighted by atomic mass is 10.2. The van der Waals surface area contributed by atoms with Gasteiger partial charge >= 0.3 is 5.97 Å². The summed E-state index contributed by atoms with van der Waals surface area (Å²) in [4.78, 5) is 10.6. The smallest absolute Gasteiger partial charge is 0.335 e. The molecule has 0 aliphatic heterocycles. The Labute approximate surface area is 88.4 Å². The molecule has 0 amide bonds. The van der Waals surface area contributed by atoms with Gasteiger partial charge in [0, 0.05) is 7.11 Å². The highest BCUT2D eigenvalue weighted by atomic mass is 16.5. The lowest BCUT2D eigenvalue weighted by Gasteiger charge is -2.11. The van der Waals surface area contributed by atoms with Gasteiger partial charge in [0.15, 0.2) is 0 Å². The fourth-order valence-electron chi connectivity index (χ4n) is 0.975. The first kappa shape index (κ1) is 11.5. The van der Waals surface area contributed by atoms with Gasteiger partial charge in [-0.2, -0.15) is 0 Å². The molecule has 0 saturated carbocycles. The van der Waals surface area contributed by atoms with Crippen LogP contribution in [0.15, 0.2) is 24.3 Å². The van der Waals surface area contributed by atoms with Crippen LogP contribution >= 0.6 is 0 Å². The maximum absolute atomic E-state index is 10.6. The number of carboxylic acid groups (broad SMARTS) is 1. The number of carbonyl (C=O) groups is 1. The second-order valence-electron chi connectivity index (χ2n) is 3.19. The normalized spacial score (nSPS) is 12.1. The average Bonchev–Trinajstić information content (AvgIpc) is 2.26. The molecule has 1 aromatic carbocycles. The van der Waals surface area contributed by atoms with Gasteiger partial charge in [0.05, 0.1) is 11.7 Å². The second-order valence-corrected chi connectivity index (χ2v) is 3.19. The van der Waals surface area contributed by atoms with E-state index in [2.05, 4.69) is 0 Å². The number of rotatable bonds is 5. The Morgan fingerprint density at radius 2 is 2.00 bits per heavy atom. The summed E-state index contributed by atoms with van der Waals surface area (Å²) in [6, 6.07) is 6.28. The van der Waals surface area contributed by atoms with Crippen molar-refractivity contribution in [1.82, 2.24) is 0 Å². The third kappa shape index (κ3) is 3.59. The number of hydrogen-bond acceptors (Lipinski definition) is 3. The van der Waals surface area contributed by atoms with E-state index in [9.17, 15) is 4.79 Å². The number of benzene rings is 1. The van der Waals surface area contributed by atoms with Crippen LogP contribution in [-0.2, 0) is 4.74 Å². The molecular formula is C11H14O4. The Morgan fingerprint density at radius 3 is 2.47 bits per heavy atom. The second kappa shape index (κ2) is 5.36. The molecule has 1 unspecified atom stereocenters. The van der Waals surface area contributed by atoms with E-state index in [-0.39, 0.29) is 11.7 Å². The molecule has 0 aliphatic rings. The maximum Gasteiger partial charge on any atom is 0.335 e. The van der Waals surface area contributed by atoms with Crippen LogP contribution in [0, 0.1) is 0 Å². The van der Waals surface area contributed by atoms with Crippen molar-refractivity contribution in [3.05, 3.63) is 29.8 Å². The number of aromatic carboxylic acids is 1. The Balaban J connectivity index is 2.53. The van der Waals surface area contributed by atoms with Crippen LogP contribution < -0.4 is 4.74 Å². The molecule has 0 bridgehead atoms. The summed E-state index contributed by atoms with van der Waals surface area (Å²) < 4.78 is 10.4. The predicted octanol–water partition coefficient (Wildman–Crippen LogP) is 1.80. The van der Waals surface area contributed by atoms with E-state index in [1.807, 2.05) is 6.92 Å². The van der Waals surface area contributed by atoms with Crippen molar-refractivity contribution in [2.75, 3.05) is 13.7 Å². The molecule has 4 nitrogen and oxygen atoms in total. The molecular weight excluding hydrogens is 196 g/mol. The molecule has 82 valence electrons. The zero-order chi connectivity index (χ0) is 11.3. The van der Waals surface area contributed by atoms with Crippen molar-refractivity contribution >= 4 is 5.97 Å². The molecule has 0 radical (unpaired) electrons. The lowest BCUT2D eigenvalue weighted by molar-refractivity contribution is 0.0693. The average molecular weight is 210 g/mol. The highest BCUT2D eigenvalue weighted by Crippen LogP contribution is 2.12. The molecule has 0 fully saturated rings. The molecule has 0 aromatic heterocycles. The van der Waals surface area contributed by atoms with Crippen LogP contribution in [-0.4, -0.2) is 30.9 Å². The monoisotopic (exact) mass is 210 g/mol. The van der Waals surface area contributed by atoms with E-state index in [1.54, 1.807) is 19.2 Å². The molecule has 1 rings (SSSR count). The zero-order valence-electron chi connectivity index (χ0n) is 8.77. The van der Waals surface area contributed by atoms with Crippen molar-refractivity contribution in [2.24, 2.45) is 0 Å². The Kier molecular flexibility index (Phi) is 4.12. The number of carboxylic acids is 1. The van der Waals surface area contributed by atoms with Gasteiger partial charge in [-0.05, 0) is 31.2 Å². The molecule has 15 heavy (non-hydrogen) atoms. The first-order chi connectivity index (χ1) is 7.13. The zero-order valence-corrected chi connectivity index (χ0v) is 8.77. The van der Waals surface area contributed by atoms with Crippen molar-refractivity contribution in [1.29, 1.82) is 0 Å². The minimum Gasteiger partial charge on any atom is -0.491 e. The Hall–Kier alpha value is -1.55. The van der Waals surface area contributed by atoms with E-state index in [1.165, 1.54) is 12.1 Å². The Morgan fingerprint density at radius 1 is 1.40 bits per heavy atom. The molecule has 0 saturated heterocycles. The van der Waals surface area contributed by atoms with Crippen LogP contribution in [0.25, 0.3) is 0 Å². The van der Waals surface area contributed by atoms with Crippen LogP contribution in [0.5, 0.6) is 5.75 Å². The Bertz CT molecular complexity index is 318. The van der Waals surface area contributed by atoms with Crippen molar-refractivity contribution in [2.45, 2.75) is 13.0 Å². The molecule has 4 heteroatoms. The summed E-state index contributed by atoms with van der Waals surface area (Å²) in [5, 5.41) is 8.67. The summed E-state index contributed by atoms with van der Waals surface area (Å²) in [5.74, 6) is -0.296. The largest absolute Gasteiger partial charge is 0.491 e. The number of ether oxygens (including phenoxy) is 2. The first-order valence-corrected chi connectivity index (χ1v) is 4.62. The van der Waals surface area contributed by atoms with Gasteiger partial charge in [0.25, 0.3) is 0 Å². The van der Waals surface area contributed by atoms with E-state index in [0.29, 0.717) is 12.4 Å². The molecule has 0 spiro atoms. The van der Waals surface area contributed by atoms with Crippen molar-refractivity contribution in [3.8, 4) is 5.75 Å². The van der Waals surface area contributed by atoms with Crippen molar-refractivity contribution in [3.63, 3.8) is 0 Å². The van der Waals surface area contributed by atoms with Gasteiger partial charge in [-0.15, -0.1) is 0 Å². The number of methoxy groups -OCH3 is 1. The van der Waals surface area contributed by atoms with Crippen molar-refractivity contribution < 1.29 is 19.4 Å². The third-order valence-electron chi connectivity index (χ3n) is 1.99. The summed E-state index contributed by atoms with van der Waals surface area (Å²) in [5.41, 5.74) is 0.252. The van der Waals surface area contributed by atoms with Gasteiger partial charge < -0.3 is 14.6 Å². The first-order valence-electron chi connectivity index (χ1n) is 4.62. The van der Waals surface area contributed by atoms with Crippen LogP contribution in [0.3, 0.4) is 0 Å². The highest BCUT2D eigenvalue weighted by Gasteiger charge is 2.03. The van der Waals surface area contributed by atoms with Crippen LogP contribution in [0.1, 0.15) is 17.3 Å². The summed E-state index contributed by atoms with van der Waals surface area (Å²) in [7, 11) is 1.61. The fraction of sp³-hybridized carbons (Fsp3) is 0.364. The standard InChI is InChI=1S/C11H14O4/c1-8(14-2)7-15-10-5-3-9(4-6-10)11(12)13/h3-6,8H,7H2,1-2H3,(H,12,13). The molecule has 0 aliphatic carbocycles. The van der Waals surface area contributed by atoms with Gasteiger partial charge in [0.1, 0.15) is 12.4 Å². The summed E-state index contributed by atoms with van der Waals surface area (Å²) in [6.07, 6.45) is 0.0177. The quantitative estimate of drug-likeness (QED) is 0.805. The summed E-state index contributed by atoms with van der Waals surface area (Å²) >= 11 is 0. The van der Waals surface area contributed by atoms with Gasteiger partial charge in [-0.1, -0.05) is 0 Å². The van der Waals surface area contributed by atoms with Gasteiger partial charge in [0.2, 0.25) is 0 Å². The molecule has 1 N–H and O–H groups in total. The fourth-order valence-corrected chi connectivity index (χ4v) is 0.975. The van der Waals surface area contributed by atoms with E-state index in [0.717, 1.165) is 0 Å². The van der Waals surface area contributed by atoms with Gasteiger partial charge in [-0.3, -0.25) is 0 Å². The predicted molar refractivity (Wildman–Crippen MR) is 55.4 cm³/mol. The minimum atomic E-state index is -0.938. The lowest BCUT2D eigenvalue weighted by Crippen LogP contribution is -2.15. The topological polar surface area (TPSA) is 55.8 Å². The number of hydrogen-bond donors (Lipinski definition) is 1. The SMILES string of the molecule is COC(C)COc1ccc(C(=O)O)cc1. The van der Waals surface area contributed by atoms with E-state index >= 15 is 0 Å². The maximum atomic E-state index is 10.6. The van der Waals surface area contributed by atoms with Crippen LogP contribution in [0.4, 0.5) is 0 Å². The van der Waals surface area contributed by atoms with Gasteiger partial charge in [-0.25, -0.2) is 4.79 Å². The minimum absolute atomic E-state index is 0.0177. The van der Waals surface area contributed by atoms with Crippen LogP contribution in [0.2, 0.25) is 0 Å². The highest BCUT2D eigenvalue weighted by molar-refractivity contribution is 5.87. The molecule has 1 aromatic rings.